The third-order valence-corrected chi connectivity index (χ3v) is 9.19. The van der Waals surface area contributed by atoms with Gasteiger partial charge in [0.1, 0.15) is 17.1 Å². The monoisotopic (exact) mass is 578 g/mol. The van der Waals surface area contributed by atoms with Crippen LogP contribution in [-0.2, 0) is 0 Å². The molecule has 0 spiro atoms. The first-order chi connectivity index (χ1) is 21.7. The number of hydrogen-bond donors (Lipinski definition) is 0. The van der Waals surface area contributed by atoms with Gasteiger partial charge in [-0.25, -0.2) is 4.98 Å². The predicted molar refractivity (Wildman–Crippen MR) is 180 cm³/mol. The molecule has 8 rings (SSSR count). The van der Waals surface area contributed by atoms with Gasteiger partial charge in [0.2, 0.25) is 0 Å². The Morgan fingerprint density at radius 2 is 1.11 bits per heavy atom. The Morgan fingerprint density at radius 3 is 1.80 bits per heavy atom. The lowest BCUT2D eigenvalue weighted by atomic mass is 9.96. The molecule has 0 radical (unpaired) electrons. The Morgan fingerprint density at radius 1 is 0.523 bits per heavy atom. The average Bonchev–Trinajstić information content (AvgIpc) is 3.68. The smallest absolute Gasteiger partial charge is 0.124 e. The van der Waals surface area contributed by atoms with Crippen molar-refractivity contribution in [3.63, 3.8) is 0 Å². The van der Waals surface area contributed by atoms with Crippen LogP contribution in [-0.4, -0.2) is 9.55 Å². The van der Waals surface area contributed by atoms with Crippen molar-refractivity contribution in [2.75, 3.05) is 0 Å². The molecule has 0 aliphatic heterocycles. The lowest BCUT2D eigenvalue weighted by molar-refractivity contribution is 1.18. The second-order valence-electron chi connectivity index (χ2n) is 10.7. The molecule has 0 unspecified atom stereocenters. The molecule has 2 heterocycles. The van der Waals surface area contributed by atoms with Gasteiger partial charge in [-0.2, -0.15) is 10.5 Å². The van der Waals surface area contributed by atoms with Crippen LogP contribution in [0.1, 0.15) is 11.1 Å². The molecule has 0 amide bonds. The van der Waals surface area contributed by atoms with Crippen LogP contribution >= 0.6 is 11.3 Å². The predicted octanol–water partition coefficient (Wildman–Crippen LogP) is 10.1. The van der Waals surface area contributed by atoms with Crippen molar-refractivity contribution in [1.29, 1.82) is 10.5 Å². The lowest BCUT2D eigenvalue weighted by Crippen LogP contribution is -1.96. The number of rotatable bonds is 4. The maximum Gasteiger partial charge on any atom is 0.124 e. The van der Waals surface area contributed by atoms with Crippen LogP contribution < -0.4 is 0 Å². The number of thiazole rings is 1. The van der Waals surface area contributed by atoms with Crippen molar-refractivity contribution in [1.82, 2.24) is 9.55 Å². The third kappa shape index (κ3) is 4.24. The number of nitrogens with zero attached hydrogens (tertiary/aromatic N) is 4. The highest BCUT2D eigenvalue weighted by atomic mass is 32.1. The first-order valence-electron chi connectivity index (χ1n) is 14.2. The molecule has 5 heteroatoms. The maximum atomic E-state index is 9.51. The summed E-state index contributed by atoms with van der Waals surface area (Å²) in [6.07, 6.45) is 0. The molecule has 0 aliphatic rings. The van der Waals surface area contributed by atoms with Crippen molar-refractivity contribution in [2.45, 2.75) is 0 Å². The van der Waals surface area contributed by atoms with E-state index in [2.05, 4.69) is 126 Å². The summed E-state index contributed by atoms with van der Waals surface area (Å²) in [5.41, 5.74) is 10.3. The molecule has 0 fully saturated rings. The number of para-hydroxylation sites is 3. The SMILES string of the molecule is N#Cc1ccc(-c2ccc(-c3cc(-c4nc5ccccc5s4)cc(-n4c5ccccc5c5ccccc54)c3)cc2)cc1C#N. The highest BCUT2D eigenvalue weighted by Gasteiger charge is 2.16. The maximum absolute atomic E-state index is 9.51. The summed E-state index contributed by atoms with van der Waals surface area (Å²) in [6.45, 7) is 0. The fraction of sp³-hybridized carbons (Fsp3) is 0. The van der Waals surface area contributed by atoms with Crippen LogP contribution in [0.4, 0.5) is 0 Å². The van der Waals surface area contributed by atoms with E-state index in [1.165, 1.54) is 10.8 Å². The summed E-state index contributed by atoms with van der Waals surface area (Å²) in [7, 11) is 0. The molecule has 204 valence electrons. The summed E-state index contributed by atoms with van der Waals surface area (Å²) >= 11 is 1.70. The fourth-order valence-electron chi connectivity index (χ4n) is 6.00. The zero-order chi connectivity index (χ0) is 29.6. The van der Waals surface area contributed by atoms with E-state index in [1.807, 2.05) is 12.1 Å². The van der Waals surface area contributed by atoms with Crippen LogP contribution in [0.2, 0.25) is 0 Å². The number of benzene rings is 6. The molecule has 6 aromatic carbocycles. The van der Waals surface area contributed by atoms with E-state index in [9.17, 15) is 10.5 Å². The van der Waals surface area contributed by atoms with Crippen LogP contribution in [0, 0.1) is 22.7 Å². The quantitative estimate of drug-likeness (QED) is 0.209. The van der Waals surface area contributed by atoms with E-state index in [0.717, 1.165) is 59.8 Å². The fourth-order valence-corrected chi connectivity index (χ4v) is 6.95. The topological polar surface area (TPSA) is 65.4 Å². The van der Waals surface area contributed by atoms with Gasteiger partial charge in [-0.15, -0.1) is 11.3 Å². The van der Waals surface area contributed by atoms with E-state index in [1.54, 1.807) is 23.5 Å². The van der Waals surface area contributed by atoms with Gasteiger partial charge in [0.15, 0.2) is 0 Å². The Labute approximate surface area is 257 Å². The Balaban J connectivity index is 1.32. The largest absolute Gasteiger partial charge is 0.309 e. The summed E-state index contributed by atoms with van der Waals surface area (Å²) < 4.78 is 3.51. The lowest BCUT2D eigenvalue weighted by Gasteiger charge is -2.13. The van der Waals surface area contributed by atoms with E-state index < -0.39 is 0 Å². The van der Waals surface area contributed by atoms with Crippen molar-refractivity contribution >= 4 is 43.4 Å². The van der Waals surface area contributed by atoms with Crippen LogP contribution in [0.3, 0.4) is 0 Å². The number of aromatic nitrogens is 2. The minimum Gasteiger partial charge on any atom is -0.309 e. The number of hydrogen-bond acceptors (Lipinski definition) is 4. The van der Waals surface area contributed by atoms with Gasteiger partial charge in [-0.3, -0.25) is 0 Å². The Hall–Kier alpha value is -6.01. The molecular formula is C39H22N4S. The zero-order valence-corrected chi connectivity index (χ0v) is 24.2. The number of nitriles is 2. The van der Waals surface area contributed by atoms with Crippen molar-refractivity contribution in [3.8, 4) is 50.7 Å². The molecule has 44 heavy (non-hydrogen) atoms. The molecule has 0 N–H and O–H groups in total. The van der Waals surface area contributed by atoms with Gasteiger partial charge in [-0.05, 0) is 76.9 Å². The van der Waals surface area contributed by atoms with Crippen molar-refractivity contribution < 1.29 is 0 Å². The molecule has 0 saturated heterocycles. The second kappa shape index (κ2) is 10.4. The van der Waals surface area contributed by atoms with Crippen molar-refractivity contribution in [2.24, 2.45) is 0 Å². The van der Waals surface area contributed by atoms with E-state index >= 15 is 0 Å². The van der Waals surface area contributed by atoms with Crippen LogP contribution in [0.15, 0.2) is 133 Å². The first-order valence-corrected chi connectivity index (χ1v) is 15.1. The molecule has 0 saturated carbocycles. The molecule has 2 aromatic heterocycles. The van der Waals surface area contributed by atoms with E-state index in [4.69, 9.17) is 4.98 Å². The summed E-state index contributed by atoms with van der Waals surface area (Å²) in [5, 5.41) is 22.3. The van der Waals surface area contributed by atoms with Gasteiger partial charge >= 0.3 is 0 Å². The van der Waals surface area contributed by atoms with Crippen molar-refractivity contribution in [3.05, 3.63) is 145 Å². The minimum atomic E-state index is 0.383. The Kier molecular flexibility index (Phi) is 6.05. The molecule has 0 atom stereocenters. The molecule has 4 nitrogen and oxygen atoms in total. The van der Waals surface area contributed by atoms with Crippen LogP contribution in [0.5, 0.6) is 0 Å². The normalized spacial score (nSPS) is 11.1. The second-order valence-corrected chi connectivity index (χ2v) is 11.7. The van der Waals surface area contributed by atoms with Gasteiger partial charge in [0.05, 0.1) is 32.4 Å². The number of fused-ring (bicyclic) bond motifs is 4. The standard InChI is InChI=1S/C39H22N4S/c40-23-28-18-17-27(19-31(28)24-41)25-13-15-26(16-14-25)29-20-30(39-42-35-9-3-6-12-38(35)44-39)22-32(21-29)43-36-10-4-1-7-33(36)34-8-2-5-11-37(34)43/h1-22H. The Bertz CT molecular complexity index is 2380. The van der Waals surface area contributed by atoms with Gasteiger partial charge in [0.25, 0.3) is 0 Å². The first kappa shape index (κ1) is 25.7. The van der Waals surface area contributed by atoms with Gasteiger partial charge in [0, 0.05) is 22.0 Å². The van der Waals surface area contributed by atoms with E-state index in [-0.39, 0.29) is 0 Å². The third-order valence-electron chi connectivity index (χ3n) is 8.11. The highest BCUT2D eigenvalue weighted by Crippen LogP contribution is 2.38. The van der Waals surface area contributed by atoms with Gasteiger partial charge < -0.3 is 4.57 Å². The summed E-state index contributed by atoms with van der Waals surface area (Å²) in [6, 6.07) is 50.1. The molecule has 0 aliphatic carbocycles. The minimum absolute atomic E-state index is 0.383. The molecular weight excluding hydrogens is 557 g/mol. The zero-order valence-electron chi connectivity index (χ0n) is 23.4. The summed E-state index contributed by atoms with van der Waals surface area (Å²) in [4.78, 5) is 5.01. The average molecular weight is 579 g/mol. The summed E-state index contributed by atoms with van der Waals surface area (Å²) in [5.74, 6) is 0. The molecule has 8 aromatic rings. The van der Waals surface area contributed by atoms with Crippen LogP contribution in [0.25, 0.3) is 70.5 Å². The van der Waals surface area contributed by atoms with Gasteiger partial charge in [-0.1, -0.05) is 78.9 Å². The molecule has 0 bridgehead atoms. The van der Waals surface area contributed by atoms with E-state index in [0.29, 0.717) is 11.1 Å². The highest BCUT2D eigenvalue weighted by molar-refractivity contribution is 7.21.